The average molecular weight is 379 g/mol. The van der Waals surface area contributed by atoms with Gasteiger partial charge >= 0.3 is 0 Å². The third kappa shape index (κ3) is 4.18. The van der Waals surface area contributed by atoms with E-state index in [9.17, 15) is 17.2 Å². The van der Waals surface area contributed by atoms with Crippen molar-refractivity contribution >= 4 is 27.4 Å². The minimum Gasteiger partial charge on any atom is -0.383 e. The van der Waals surface area contributed by atoms with Crippen LogP contribution < -0.4 is 5.32 Å². The van der Waals surface area contributed by atoms with Crippen molar-refractivity contribution in [2.45, 2.75) is 4.90 Å². The highest BCUT2D eigenvalue weighted by Gasteiger charge is 2.33. The van der Waals surface area contributed by atoms with Crippen LogP contribution in [0.3, 0.4) is 0 Å². The number of ether oxygens (including phenoxy) is 1. The van der Waals surface area contributed by atoms with Crippen molar-refractivity contribution in [1.29, 1.82) is 0 Å². The summed E-state index contributed by atoms with van der Waals surface area (Å²) in [7, 11) is -2.64. The largest absolute Gasteiger partial charge is 0.383 e. The van der Waals surface area contributed by atoms with Gasteiger partial charge in [-0.15, -0.1) is 0 Å². The molecule has 10 heteroatoms. The summed E-state index contributed by atoms with van der Waals surface area (Å²) in [5.41, 5.74) is 0. The standard InChI is InChI=1S/C14H19F2N3O3S2/c1-22-10-5-17-14(23)18-6-8-19(9-7-18)24(20,21)13-11(15)3-2-4-12(13)16/h2-4H,5-10H2,1H3,(H,17,23). The van der Waals surface area contributed by atoms with Gasteiger partial charge in [-0.1, -0.05) is 6.07 Å². The zero-order valence-electron chi connectivity index (χ0n) is 13.2. The number of nitrogens with one attached hydrogen (secondary N) is 1. The van der Waals surface area contributed by atoms with Gasteiger partial charge in [0.1, 0.15) is 11.6 Å². The molecule has 134 valence electrons. The number of rotatable bonds is 5. The van der Waals surface area contributed by atoms with Crippen LogP contribution in [0.4, 0.5) is 8.78 Å². The Hall–Kier alpha value is -1.36. The molecule has 0 amide bonds. The Bertz CT molecular complexity index is 672. The van der Waals surface area contributed by atoms with E-state index in [0.29, 0.717) is 31.4 Å². The quantitative estimate of drug-likeness (QED) is 0.603. The monoisotopic (exact) mass is 379 g/mol. The lowest BCUT2D eigenvalue weighted by Crippen LogP contribution is -2.53. The molecule has 1 saturated heterocycles. The van der Waals surface area contributed by atoms with E-state index < -0.39 is 26.6 Å². The molecule has 1 fully saturated rings. The van der Waals surface area contributed by atoms with Crippen LogP contribution in [0.5, 0.6) is 0 Å². The Morgan fingerprint density at radius 3 is 2.38 bits per heavy atom. The Labute approximate surface area is 145 Å². The summed E-state index contributed by atoms with van der Waals surface area (Å²) in [5.74, 6) is -2.18. The Balaban J connectivity index is 2.02. The maximum absolute atomic E-state index is 13.8. The first kappa shape index (κ1) is 19.0. The summed E-state index contributed by atoms with van der Waals surface area (Å²) in [4.78, 5) is 0.911. The van der Waals surface area contributed by atoms with E-state index in [0.717, 1.165) is 22.5 Å². The summed E-state index contributed by atoms with van der Waals surface area (Å²) >= 11 is 5.23. The van der Waals surface area contributed by atoms with Gasteiger partial charge in [0.15, 0.2) is 10.0 Å². The van der Waals surface area contributed by atoms with E-state index in [1.54, 1.807) is 7.11 Å². The lowest BCUT2D eigenvalue weighted by molar-refractivity contribution is 0.201. The normalized spacial score (nSPS) is 16.2. The number of benzene rings is 1. The van der Waals surface area contributed by atoms with Gasteiger partial charge in [-0.25, -0.2) is 17.2 Å². The molecule has 0 bridgehead atoms. The van der Waals surface area contributed by atoms with Crippen LogP contribution in [0.25, 0.3) is 0 Å². The zero-order valence-corrected chi connectivity index (χ0v) is 14.8. The maximum atomic E-state index is 13.8. The molecule has 0 spiro atoms. The number of methoxy groups -OCH3 is 1. The lowest BCUT2D eigenvalue weighted by Gasteiger charge is -2.35. The minimum absolute atomic E-state index is 0.0994. The molecule has 6 nitrogen and oxygen atoms in total. The SMILES string of the molecule is COCCNC(=S)N1CCN(S(=O)(=O)c2c(F)cccc2F)CC1. The molecule has 1 aliphatic heterocycles. The number of hydrogen-bond donors (Lipinski definition) is 1. The van der Waals surface area contributed by atoms with Crippen LogP contribution in [0.1, 0.15) is 0 Å². The Morgan fingerprint density at radius 2 is 1.83 bits per heavy atom. The molecule has 1 aromatic carbocycles. The lowest BCUT2D eigenvalue weighted by atomic mass is 10.3. The molecule has 0 aromatic heterocycles. The molecule has 1 aliphatic rings. The highest BCUT2D eigenvalue weighted by molar-refractivity contribution is 7.89. The van der Waals surface area contributed by atoms with Crippen molar-refractivity contribution in [3.05, 3.63) is 29.8 Å². The molecule has 0 unspecified atom stereocenters. The first-order valence-corrected chi connectivity index (χ1v) is 9.18. The molecule has 24 heavy (non-hydrogen) atoms. The summed E-state index contributed by atoms with van der Waals surface area (Å²) in [6.45, 7) is 1.93. The first-order chi connectivity index (χ1) is 11.4. The van der Waals surface area contributed by atoms with Crippen molar-refractivity contribution in [3.8, 4) is 0 Å². The molecule has 1 heterocycles. The predicted octanol–water partition coefficient (Wildman–Crippen LogP) is 0.792. The maximum Gasteiger partial charge on any atom is 0.249 e. The molecule has 0 radical (unpaired) electrons. The molecule has 1 N–H and O–H groups in total. The molecule has 1 aromatic rings. The van der Waals surface area contributed by atoms with Crippen LogP contribution in [-0.4, -0.2) is 69.2 Å². The van der Waals surface area contributed by atoms with Gasteiger partial charge in [0, 0.05) is 39.8 Å². The smallest absolute Gasteiger partial charge is 0.249 e. The van der Waals surface area contributed by atoms with Crippen molar-refractivity contribution in [3.63, 3.8) is 0 Å². The van der Waals surface area contributed by atoms with E-state index in [4.69, 9.17) is 17.0 Å². The third-order valence-corrected chi connectivity index (χ3v) is 5.98. The van der Waals surface area contributed by atoms with Gasteiger partial charge in [0.05, 0.1) is 6.61 Å². The average Bonchev–Trinajstić information content (AvgIpc) is 2.54. The molecular formula is C14H19F2N3O3S2. The second-order valence-corrected chi connectivity index (χ2v) is 7.43. The molecule has 0 aliphatic carbocycles. The Kier molecular flexibility index (Phi) is 6.44. The number of thiocarbonyl (C=S) groups is 1. The topological polar surface area (TPSA) is 61.9 Å². The van der Waals surface area contributed by atoms with Crippen molar-refractivity contribution < 1.29 is 21.9 Å². The zero-order chi connectivity index (χ0) is 17.7. The third-order valence-electron chi connectivity index (χ3n) is 3.63. The molecular weight excluding hydrogens is 360 g/mol. The number of hydrogen-bond acceptors (Lipinski definition) is 4. The first-order valence-electron chi connectivity index (χ1n) is 7.34. The van der Waals surface area contributed by atoms with E-state index >= 15 is 0 Å². The fraction of sp³-hybridized carbons (Fsp3) is 0.500. The van der Waals surface area contributed by atoms with Crippen LogP contribution in [0, 0.1) is 11.6 Å². The number of nitrogens with zero attached hydrogens (tertiary/aromatic N) is 2. The van der Waals surface area contributed by atoms with Crippen molar-refractivity contribution in [2.24, 2.45) is 0 Å². The second-order valence-electron chi connectivity index (χ2n) is 5.17. The molecule has 2 rings (SSSR count). The molecule has 0 saturated carbocycles. The van der Waals surface area contributed by atoms with Gasteiger partial charge < -0.3 is 15.0 Å². The van der Waals surface area contributed by atoms with Crippen molar-refractivity contribution in [2.75, 3.05) is 46.4 Å². The highest BCUT2D eigenvalue weighted by Crippen LogP contribution is 2.23. The van der Waals surface area contributed by atoms with E-state index in [-0.39, 0.29) is 13.1 Å². The van der Waals surface area contributed by atoms with E-state index in [2.05, 4.69) is 5.32 Å². The van der Waals surface area contributed by atoms with Crippen LogP contribution >= 0.6 is 12.2 Å². The van der Waals surface area contributed by atoms with Crippen LogP contribution in [-0.2, 0) is 14.8 Å². The summed E-state index contributed by atoms with van der Waals surface area (Å²) < 4.78 is 58.5. The summed E-state index contributed by atoms with van der Waals surface area (Å²) in [6.07, 6.45) is 0. The highest BCUT2D eigenvalue weighted by atomic mass is 32.2. The fourth-order valence-corrected chi connectivity index (χ4v) is 4.18. The van der Waals surface area contributed by atoms with Gasteiger partial charge in [0.2, 0.25) is 10.0 Å². The van der Waals surface area contributed by atoms with E-state index in [1.807, 2.05) is 4.90 Å². The number of sulfonamides is 1. The van der Waals surface area contributed by atoms with E-state index in [1.165, 1.54) is 0 Å². The van der Waals surface area contributed by atoms with Crippen molar-refractivity contribution in [1.82, 2.24) is 14.5 Å². The Morgan fingerprint density at radius 1 is 1.25 bits per heavy atom. The van der Waals surface area contributed by atoms with Crippen LogP contribution in [0.15, 0.2) is 23.1 Å². The van der Waals surface area contributed by atoms with Crippen LogP contribution in [0.2, 0.25) is 0 Å². The van der Waals surface area contributed by atoms with Gasteiger partial charge in [-0.2, -0.15) is 4.31 Å². The van der Waals surface area contributed by atoms with Gasteiger partial charge in [-0.05, 0) is 24.4 Å². The summed E-state index contributed by atoms with van der Waals surface area (Å²) in [5, 5.41) is 3.50. The summed E-state index contributed by atoms with van der Waals surface area (Å²) in [6, 6.07) is 2.99. The second kappa shape index (κ2) is 8.15. The predicted molar refractivity (Wildman–Crippen MR) is 89.2 cm³/mol. The molecule has 0 atom stereocenters. The van der Waals surface area contributed by atoms with Gasteiger partial charge in [0.25, 0.3) is 0 Å². The minimum atomic E-state index is -4.22. The van der Waals surface area contributed by atoms with Gasteiger partial charge in [-0.3, -0.25) is 0 Å². The number of piperazine rings is 1. The number of halogens is 2. The fourth-order valence-electron chi connectivity index (χ4n) is 2.36.